The molecule has 5 heteroatoms. The molecule has 0 bridgehead atoms. The van der Waals surface area contributed by atoms with Crippen LogP contribution in [0.15, 0.2) is 41.1 Å². The van der Waals surface area contributed by atoms with Crippen LogP contribution in [0.25, 0.3) is 22.8 Å². The molecule has 2 aromatic heterocycles. The summed E-state index contributed by atoms with van der Waals surface area (Å²) in [5, 5.41) is 4.41. The van der Waals surface area contributed by atoms with E-state index in [1.54, 1.807) is 18.3 Å². The molecule has 0 aliphatic rings. The summed E-state index contributed by atoms with van der Waals surface area (Å²) in [6, 6.07) is 9.55. The lowest BCUT2D eigenvalue weighted by Crippen LogP contribution is -1.85. The zero-order chi connectivity index (χ0) is 14.1. The van der Waals surface area contributed by atoms with E-state index in [1.165, 1.54) is 11.1 Å². The molecule has 0 fully saturated rings. The average Bonchev–Trinajstić information content (AvgIpc) is 2.92. The Bertz CT molecular complexity index is 767. The summed E-state index contributed by atoms with van der Waals surface area (Å²) < 4.78 is 5.28. The van der Waals surface area contributed by atoms with Crippen molar-refractivity contribution >= 4 is 11.6 Å². The maximum absolute atomic E-state index is 5.86. The average molecular weight is 286 g/mol. The molecule has 0 N–H and O–H groups in total. The number of aryl methyl sites for hydroxylation is 2. The third kappa shape index (κ3) is 2.42. The summed E-state index contributed by atoms with van der Waals surface area (Å²) in [6.07, 6.45) is 1.61. The first kappa shape index (κ1) is 12.8. The molecule has 0 saturated heterocycles. The standard InChI is InChI=1S/C15H12ClN3O/c1-9-3-4-11(7-10(9)2)14-18-15(20-19-14)12-5-6-17-13(16)8-12/h3-8H,1-2H3. The molecule has 0 amide bonds. The quantitative estimate of drug-likeness (QED) is 0.666. The number of rotatable bonds is 2. The molecule has 2 heterocycles. The van der Waals surface area contributed by atoms with Gasteiger partial charge in [-0.2, -0.15) is 4.98 Å². The van der Waals surface area contributed by atoms with Gasteiger partial charge in [-0.25, -0.2) is 4.98 Å². The molecule has 0 radical (unpaired) electrons. The van der Waals surface area contributed by atoms with Crippen molar-refractivity contribution in [2.75, 3.05) is 0 Å². The number of benzene rings is 1. The third-order valence-electron chi connectivity index (χ3n) is 3.16. The van der Waals surface area contributed by atoms with Crippen LogP contribution in [0.2, 0.25) is 5.15 Å². The lowest BCUT2D eigenvalue weighted by Gasteiger charge is -2.00. The van der Waals surface area contributed by atoms with E-state index in [9.17, 15) is 0 Å². The molecule has 0 aliphatic heterocycles. The molecule has 4 nitrogen and oxygen atoms in total. The van der Waals surface area contributed by atoms with Gasteiger partial charge in [-0.1, -0.05) is 28.9 Å². The van der Waals surface area contributed by atoms with E-state index in [2.05, 4.69) is 29.0 Å². The maximum atomic E-state index is 5.86. The van der Waals surface area contributed by atoms with Gasteiger partial charge in [0, 0.05) is 17.3 Å². The summed E-state index contributed by atoms with van der Waals surface area (Å²) in [5.74, 6) is 0.999. The first-order valence-corrected chi connectivity index (χ1v) is 6.54. The molecular weight excluding hydrogens is 274 g/mol. The highest BCUT2D eigenvalue weighted by molar-refractivity contribution is 6.29. The first-order chi connectivity index (χ1) is 9.63. The van der Waals surface area contributed by atoms with Gasteiger partial charge in [0.05, 0.1) is 0 Å². The summed E-state index contributed by atoms with van der Waals surface area (Å²) in [7, 11) is 0. The molecule has 0 spiro atoms. The zero-order valence-corrected chi connectivity index (χ0v) is 11.8. The second-order valence-electron chi connectivity index (χ2n) is 4.59. The number of aromatic nitrogens is 3. The zero-order valence-electron chi connectivity index (χ0n) is 11.1. The highest BCUT2D eigenvalue weighted by atomic mass is 35.5. The number of hydrogen-bond donors (Lipinski definition) is 0. The van der Waals surface area contributed by atoms with Gasteiger partial charge in [-0.05, 0) is 43.2 Å². The number of nitrogens with zero attached hydrogens (tertiary/aromatic N) is 3. The van der Waals surface area contributed by atoms with Gasteiger partial charge in [0.2, 0.25) is 5.82 Å². The Balaban J connectivity index is 1.99. The smallest absolute Gasteiger partial charge is 0.258 e. The predicted molar refractivity (Wildman–Crippen MR) is 77.4 cm³/mol. The van der Waals surface area contributed by atoms with Crippen LogP contribution >= 0.6 is 11.6 Å². The monoisotopic (exact) mass is 285 g/mol. The topological polar surface area (TPSA) is 51.8 Å². The molecule has 0 aliphatic carbocycles. The lowest BCUT2D eigenvalue weighted by atomic mass is 10.1. The van der Waals surface area contributed by atoms with Crippen molar-refractivity contribution in [1.82, 2.24) is 15.1 Å². The summed E-state index contributed by atoms with van der Waals surface area (Å²) in [5.41, 5.74) is 4.12. The fourth-order valence-electron chi connectivity index (χ4n) is 1.87. The molecule has 3 aromatic rings. The molecule has 100 valence electrons. The Morgan fingerprint density at radius 1 is 1.00 bits per heavy atom. The van der Waals surface area contributed by atoms with E-state index in [1.807, 2.05) is 18.2 Å². The van der Waals surface area contributed by atoms with Crippen molar-refractivity contribution < 1.29 is 4.52 Å². The fraction of sp³-hybridized carbons (Fsp3) is 0.133. The van der Waals surface area contributed by atoms with Gasteiger partial charge in [-0.15, -0.1) is 0 Å². The Labute approximate surface area is 121 Å². The van der Waals surface area contributed by atoms with Crippen LogP contribution in [-0.4, -0.2) is 15.1 Å². The van der Waals surface area contributed by atoms with Crippen LogP contribution in [0, 0.1) is 13.8 Å². The van der Waals surface area contributed by atoms with E-state index < -0.39 is 0 Å². The van der Waals surface area contributed by atoms with Gasteiger partial charge in [0.25, 0.3) is 5.89 Å². The first-order valence-electron chi connectivity index (χ1n) is 6.17. The molecule has 3 rings (SSSR count). The SMILES string of the molecule is Cc1ccc(-c2noc(-c3ccnc(Cl)c3)n2)cc1C. The highest BCUT2D eigenvalue weighted by Crippen LogP contribution is 2.24. The second kappa shape index (κ2) is 5.06. The predicted octanol–water partition coefficient (Wildman–Crippen LogP) is 4.07. The van der Waals surface area contributed by atoms with Crippen molar-refractivity contribution in [2.24, 2.45) is 0 Å². The fourth-order valence-corrected chi connectivity index (χ4v) is 2.05. The molecule has 0 saturated carbocycles. The van der Waals surface area contributed by atoms with E-state index in [0.717, 1.165) is 11.1 Å². The third-order valence-corrected chi connectivity index (χ3v) is 3.37. The van der Waals surface area contributed by atoms with Gasteiger partial charge in [-0.3, -0.25) is 0 Å². The van der Waals surface area contributed by atoms with Gasteiger partial charge in [0.15, 0.2) is 0 Å². The number of hydrogen-bond acceptors (Lipinski definition) is 4. The number of halogens is 1. The van der Waals surface area contributed by atoms with Crippen LogP contribution in [0.1, 0.15) is 11.1 Å². The maximum Gasteiger partial charge on any atom is 0.258 e. The van der Waals surface area contributed by atoms with Crippen LogP contribution in [-0.2, 0) is 0 Å². The van der Waals surface area contributed by atoms with Crippen LogP contribution in [0.5, 0.6) is 0 Å². The molecular formula is C15H12ClN3O. The van der Waals surface area contributed by atoms with Crippen LogP contribution < -0.4 is 0 Å². The highest BCUT2D eigenvalue weighted by Gasteiger charge is 2.11. The van der Waals surface area contributed by atoms with E-state index >= 15 is 0 Å². The van der Waals surface area contributed by atoms with Crippen molar-refractivity contribution in [1.29, 1.82) is 0 Å². The summed E-state index contributed by atoms with van der Waals surface area (Å²) in [4.78, 5) is 8.33. The van der Waals surface area contributed by atoms with E-state index in [-0.39, 0.29) is 0 Å². The minimum absolute atomic E-state index is 0.397. The van der Waals surface area contributed by atoms with Gasteiger partial charge < -0.3 is 4.52 Å². The Hall–Kier alpha value is -2.20. The second-order valence-corrected chi connectivity index (χ2v) is 4.98. The van der Waals surface area contributed by atoms with Crippen LogP contribution in [0.3, 0.4) is 0 Å². The molecule has 20 heavy (non-hydrogen) atoms. The van der Waals surface area contributed by atoms with E-state index in [0.29, 0.717) is 16.9 Å². The van der Waals surface area contributed by atoms with Crippen molar-refractivity contribution in [3.8, 4) is 22.8 Å². The lowest BCUT2D eigenvalue weighted by molar-refractivity contribution is 0.432. The number of pyridine rings is 1. The van der Waals surface area contributed by atoms with Gasteiger partial charge in [0.1, 0.15) is 5.15 Å². The van der Waals surface area contributed by atoms with Crippen molar-refractivity contribution in [3.05, 3.63) is 52.8 Å². The Kier molecular flexibility index (Phi) is 3.24. The molecule has 0 atom stereocenters. The Morgan fingerprint density at radius 2 is 1.85 bits per heavy atom. The van der Waals surface area contributed by atoms with Crippen molar-refractivity contribution in [2.45, 2.75) is 13.8 Å². The van der Waals surface area contributed by atoms with Gasteiger partial charge >= 0.3 is 0 Å². The molecule has 0 unspecified atom stereocenters. The largest absolute Gasteiger partial charge is 0.334 e. The Morgan fingerprint density at radius 3 is 2.60 bits per heavy atom. The minimum Gasteiger partial charge on any atom is -0.334 e. The summed E-state index contributed by atoms with van der Waals surface area (Å²) in [6.45, 7) is 4.13. The van der Waals surface area contributed by atoms with Crippen molar-refractivity contribution in [3.63, 3.8) is 0 Å². The molecule has 1 aromatic carbocycles. The van der Waals surface area contributed by atoms with E-state index in [4.69, 9.17) is 16.1 Å². The minimum atomic E-state index is 0.397. The van der Waals surface area contributed by atoms with Crippen LogP contribution in [0.4, 0.5) is 0 Å². The normalized spacial score (nSPS) is 10.8. The summed E-state index contributed by atoms with van der Waals surface area (Å²) >= 11 is 5.86.